The van der Waals surface area contributed by atoms with Crippen molar-refractivity contribution in [1.82, 2.24) is 25.3 Å². The molecule has 3 rings (SSSR count). The van der Waals surface area contributed by atoms with Gasteiger partial charge in [-0.1, -0.05) is 45.4 Å². The Labute approximate surface area is 189 Å². The van der Waals surface area contributed by atoms with Crippen molar-refractivity contribution in [3.8, 4) is 11.6 Å². The predicted octanol–water partition coefficient (Wildman–Crippen LogP) is 3.76. The first-order valence-corrected chi connectivity index (χ1v) is 9.36. The van der Waals surface area contributed by atoms with Gasteiger partial charge in [0.2, 0.25) is 0 Å². The van der Waals surface area contributed by atoms with E-state index in [-0.39, 0.29) is 24.0 Å². The van der Waals surface area contributed by atoms with E-state index in [9.17, 15) is 0 Å². The lowest BCUT2D eigenvalue weighted by Crippen LogP contribution is -2.39. The quantitative estimate of drug-likeness (QED) is 0.283. The van der Waals surface area contributed by atoms with Gasteiger partial charge in [-0.3, -0.25) is 9.98 Å². The molecule has 1 aromatic carbocycles. The maximum absolute atomic E-state index is 5.28. The number of guanidine groups is 1. The summed E-state index contributed by atoms with van der Waals surface area (Å²) in [4.78, 5) is 15.0. The van der Waals surface area contributed by atoms with Crippen LogP contribution in [-0.4, -0.2) is 46.6 Å². The van der Waals surface area contributed by atoms with Crippen LogP contribution in [0.1, 0.15) is 11.4 Å². The highest BCUT2D eigenvalue weighted by molar-refractivity contribution is 14.0. The Balaban J connectivity index is 0.00000280. The van der Waals surface area contributed by atoms with Crippen molar-refractivity contribution in [2.45, 2.75) is 13.0 Å². The SMILES string of the molecule is CN=C(NCCc1noc(-c2ccccn2)n1)N(C)Cc1ccccc1Br.I. The standard InChI is InChI=1S/C19H21BrN6O.HI/c1-21-19(26(2)13-14-7-3-4-8-15(14)20)23-12-10-17-24-18(27-25-17)16-9-5-6-11-22-16;/h3-9,11H,10,12-13H2,1-2H3,(H,21,23);1H. The first-order chi connectivity index (χ1) is 13.2. The Bertz CT molecular complexity index is 902. The van der Waals surface area contributed by atoms with Gasteiger partial charge in [-0.05, 0) is 23.8 Å². The van der Waals surface area contributed by atoms with E-state index >= 15 is 0 Å². The molecule has 148 valence electrons. The first-order valence-electron chi connectivity index (χ1n) is 8.56. The van der Waals surface area contributed by atoms with Crippen LogP contribution in [0.3, 0.4) is 0 Å². The third-order valence-electron chi connectivity index (χ3n) is 3.92. The second kappa shape index (κ2) is 11.1. The molecule has 0 saturated heterocycles. The van der Waals surface area contributed by atoms with E-state index in [1.165, 1.54) is 5.56 Å². The second-order valence-electron chi connectivity index (χ2n) is 5.90. The van der Waals surface area contributed by atoms with E-state index in [0.29, 0.717) is 30.4 Å². The molecule has 2 heterocycles. The predicted molar refractivity (Wildman–Crippen MR) is 124 cm³/mol. The van der Waals surface area contributed by atoms with Crippen LogP contribution in [0.4, 0.5) is 0 Å². The fraction of sp³-hybridized carbons (Fsp3) is 0.263. The highest BCUT2D eigenvalue weighted by Crippen LogP contribution is 2.17. The molecule has 7 nitrogen and oxygen atoms in total. The molecule has 3 aromatic rings. The summed E-state index contributed by atoms with van der Waals surface area (Å²) < 4.78 is 6.36. The number of aliphatic imine (C=N–C) groups is 1. The van der Waals surface area contributed by atoms with Gasteiger partial charge in [0.05, 0.1) is 0 Å². The maximum Gasteiger partial charge on any atom is 0.276 e. The minimum absolute atomic E-state index is 0. The molecule has 0 unspecified atom stereocenters. The van der Waals surface area contributed by atoms with Crippen molar-refractivity contribution >= 4 is 45.9 Å². The van der Waals surface area contributed by atoms with Crippen LogP contribution in [0.2, 0.25) is 0 Å². The Hall–Kier alpha value is -2.01. The monoisotopic (exact) mass is 556 g/mol. The zero-order valence-electron chi connectivity index (χ0n) is 15.7. The molecule has 9 heteroatoms. The molecule has 0 saturated carbocycles. The summed E-state index contributed by atoms with van der Waals surface area (Å²) in [5.41, 5.74) is 1.87. The molecule has 0 atom stereocenters. The van der Waals surface area contributed by atoms with Crippen molar-refractivity contribution in [2.24, 2.45) is 4.99 Å². The van der Waals surface area contributed by atoms with Gasteiger partial charge in [0.1, 0.15) is 5.69 Å². The molecule has 0 radical (unpaired) electrons. The number of nitrogens with zero attached hydrogens (tertiary/aromatic N) is 5. The van der Waals surface area contributed by atoms with Crippen molar-refractivity contribution in [3.63, 3.8) is 0 Å². The van der Waals surface area contributed by atoms with Crippen LogP contribution < -0.4 is 5.32 Å². The summed E-state index contributed by atoms with van der Waals surface area (Å²) in [5, 5.41) is 7.34. The maximum atomic E-state index is 5.28. The lowest BCUT2D eigenvalue weighted by atomic mass is 10.2. The summed E-state index contributed by atoms with van der Waals surface area (Å²) in [6.07, 6.45) is 2.32. The number of nitrogens with one attached hydrogen (secondary N) is 1. The Morgan fingerprint density at radius 3 is 2.71 bits per heavy atom. The molecular weight excluding hydrogens is 535 g/mol. The van der Waals surface area contributed by atoms with Gasteiger partial charge >= 0.3 is 0 Å². The van der Waals surface area contributed by atoms with Crippen LogP contribution in [-0.2, 0) is 13.0 Å². The Kier molecular flexibility index (Phi) is 8.84. The highest BCUT2D eigenvalue weighted by atomic mass is 127. The molecule has 0 aliphatic heterocycles. The van der Waals surface area contributed by atoms with E-state index in [0.717, 1.165) is 17.0 Å². The largest absolute Gasteiger partial charge is 0.356 e. The topological polar surface area (TPSA) is 79.4 Å². The number of pyridine rings is 1. The van der Waals surface area contributed by atoms with E-state index in [1.807, 2.05) is 43.4 Å². The minimum atomic E-state index is 0. The molecule has 1 N–H and O–H groups in total. The number of hydrogen-bond acceptors (Lipinski definition) is 5. The molecule has 0 bridgehead atoms. The molecule has 0 aliphatic carbocycles. The number of benzene rings is 1. The summed E-state index contributed by atoms with van der Waals surface area (Å²) in [6.45, 7) is 1.39. The summed E-state index contributed by atoms with van der Waals surface area (Å²) in [7, 11) is 3.77. The van der Waals surface area contributed by atoms with E-state index in [2.05, 4.69) is 52.3 Å². The summed E-state index contributed by atoms with van der Waals surface area (Å²) >= 11 is 3.58. The third-order valence-corrected chi connectivity index (χ3v) is 4.70. The zero-order valence-corrected chi connectivity index (χ0v) is 19.6. The van der Waals surface area contributed by atoms with E-state index in [4.69, 9.17) is 4.52 Å². The molecule has 0 aliphatic rings. The van der Waals surface area contributed by atoms with Gasteiger partial charge in [-0.15, -0.1) is 24.0 Å². The van der Waals surface area contributed by atoms with Gasteiger partial charge < -0.3 is 14.7 Å². The third kappa shape index (κ3) is 5.99. The molecule has 2 aromatic heterocycles. The van der Waals surface area contributed by atoms with Crippen LogP contribution in [0, 0.1) is 0 Å². The fourth-order valence-corrected chi connectivity index (χ4v) is 2.99. The highest BCUT2D eigenvalue weighted by Gasteiger charge is 2.11. The average Bonchev–Trinajstić information content (AvgIpc) is 3.16. The number of halogens is 2. The first kappa shape index (κ1) is 22.3. The molecule has 28 heavy (non-hydrogen) atoms. The van der Waals surface area contributed by atoms with E-state index in [1.54, 1.807) is 13.2 Å². The van der Waals surface area contributed by atoms with Crippen LogP contribution in [0.5, 0.6) is 0 Å². The van der Waals surface area contributed by atoms with Crippen molar-refractivity contribution < 1.29 is 4.52 Å². The van der Waals surface area contributed by atoms with Crippen molar-refractivity contribution in [3.05, 3.63) is 64.5 Å². The van der Waals surface area contributed by atoms with Crippen LogP contribution in [0.15, 0.2) is 62.6 Å². The average molecular weight is 557 g/mol. The van der Waals surface area contributed by atoms with Gasteiger partial charge in [-0.25, -0.2) is 0 Å². The Morgan fingerprint density at radius 2 is 2.00 bits per heavy atom. The van der Waals surface area contributed by atoms with Gasteiger partial charge in [0.15, 0.2) is 11.8 Å². The lowest BCUT2D eigenvalue weighted by Gasteiger charge is -2.22. The fourth-order valence-electron chi connectivity index (χ4n) is 2.58. The van der Waals surface area contributed by atoms with Gasteiger partial charge in [-0.2, -0.15) is 4.98 Å². The molecule has 0 fully saturated rings. The number of hydrogen-bond donors (Lipinski definition) is 1. The number of rotatable bonds is 6. The second-order valence-corrected chi connectivity index (χ2v) is 6.76. The minimum Gasteiger partial charge on any atom is -0.356 e. The van der Waals surface area contributed by atoms with Crippen molar-refractivity contribution in [2.75, 3.05) is 20.6 Å². The smallest absolute Gasteiger partial charge is 0.276 e. The summed E-state index contributed by atoms with van der Waals surface area (Å²) in [5.74, 6) is 1.87. The summed E-state index contributed by atoms with van der Waals surface area (Å²) in [6, 6.07) is 13.7. The molecule has 0 spiro atoms. The lowest BCUT2D eigenvalue weighted by molar-refractivity contribution is 0.420. The normalized spacial score (nSPS) is 11.0. The molecule has 0 amide bonds. The van der Waals surface area contributed by atoms with Crippen LogP contribution in [0.25, 0.3) is 11.6 Å². The van der Waals surface area contributed by atoms with Crippen LogP contribution >= 0.6 is 39.9 Å². The molecular formula is C19H22BrIN6O. The van der Waals surface area contributed by atoms with E-state index < -0.39 is 0 Å². The number of aromatic nitrogens is 3. The van der Waals surface area contributed by atoms with Crippen molar-refractivity contribution in [1.29, 1.82) is 0 Å². The Morgan fingerprint density at radius 1 is 1.21 bits per heavy atom. The van der Waals surface area contributed by atoms with Gasteiger partial charge in [0, 0.05) is 44.3 Å². The zero-order chi connectivity index (χ0) is 19.1. The van der Waals surface area contributed by atoms with Gasteiger partial charge in [0.25, 0.3) is 5.89 Å².